The number of hydrogen-bond donors (Lipinski definition) is 2. The third kappa shape index (κ3) is 4.11. The molecule has 0 aliphatic carbocycles. The third-order valence-corrected chi connectivity index (χ3v) is 3.99. The summed E-state index contributed by atoms with van der Waals surface area (Å²) in [6.45, 7) is 4.06. The van der Waals surface area contributed by atoms with E-state index in [9.17, 15) is 4.79 Å². The zero-order valence-corrected chi connectivity index (χ0v) is 13.9. The first-order valence-corrected chi connectivity index (χ1v) is 7.85. The lowest BCUT2D eigenvalue weighted by Gasteiger charge is -2.22. The van der Waals surface area contributed by atoms with E-state index in [4.69, 9.17) is 10.5 Å². The summed E-state index contributed by atoms with van der Waals surface area (Å²) in [7, 11) is 1.56. The highest BCUT2D eigenvalue weighted by molar-refractivity contribution is 6.01. The van der Waals surface area contributed by atoms with Crippen LogP contribution in [0.2, 0.25) is 0 Å². The highest BCUT2D eigenvalue weighted by Crippen LogP contribution is 2.23. The van der Waals surface area contributed by atoms with Crippen molar-refractivity contribution in [2.75, 3.05) is 12.8 Å². The van der Waals surface area contributed by atoms with Crippen LogP contribution in [0.15, 0.2) is 48.5 Å². The number of ether oxygens (including phenoxy) is 1. The SMILES string of the molecule is CCC(NC(C)c1ccccc1)C(=O)c1ccc(OC)c(N)c1. The lowest BCUT2D eigenvalue weighted by atomic mass is 9.99. The molecule has 0 saturated heterocycles. The topological polar surface area (TPSA) is 64.3 Å². The predicted octanol–water partition coefficient (Wildman–Crippen LogP) is 3.59. The van der Waals surface area contributed by atoms with E-state index in [1.54, 1.807) is 25.3 Å². The van der Waals surface area contributed by atoms with Gasteiger partial charge in [0.25, 0.3) is 0 Å². The zero-order chi connectivity index (χ0) is 16.8. The van der Waals surface area contributed by atoms with Gasteiger partial charge in [0.05, 0.1) is 18.8 Å². The van der Waals surface area contributed by atoms with Gasteiger partial charge < -0.3 is 15.8 Å². The summed E-state index contributed by atoms with van der Waals surface area (Å²) in [5.74, 6) is 0.629. The van der Waals surface area contributed by atoms with Crippen LogP contribution in [0.1, 0.15) is 42.2 Å². The Labute approximate surface area is 137 Å². The molecule has 0 saturated carbocycles. The third-order valence-electron chi connectivity index (χ3n) is 3.99. The van der Waals surface area contributed by atoms with Gasteiger partial charge >= 0.3 is 0 Å². The highest BCUT2D eigenvalue weighted by Gasteiger charge is 2.21. The summed E-state index contributed by atoms with van der Waals surface area (Å²) in [5, 5.41) is 3.41. The lowest BCUT2D eigenvalue weighted by Crippen LogP contribution is -2.38. The van der Waals surface area contributed by atoms with E-state index in [0.29, 0.717) is 23.4 Å². The van der Waals surface area contributed by atoms with E-state index >= 15 is 0 Å². The number of carbonyl (C=O) groups excluding carboxylic acids is 1. The number of nitrogens with two attached hydrogens (primary N) is 1. The fourth-order valence-electron chi connectivity index (χ4n) is 2.61. The first-order chi connectivity index (χ1) is 11.1. The average Bonchev–Trinajstić information content (AvgIpc) is 2.59. The van der Waals surface area contributed by atoms with Crippen molar-refractivity contribution in [1.82, 2.24) is 5.32 Å². The van der Waals surface area contributed by atoms with Gasteiger partial charge in [0.1, 0.15) is 5.75 Å². The summed E-state index contributed by atoms with van der Waals surface area (Å²) in [5.41, 5.74) is 8.14. The minimum atomic E-state index is -0.252. The van der Waals surface area contributed by atoms with Gasteiger partial charge in [-0.05, 0) is 37.1 Å². The maximum absolute atomic E-state index is 12.7. The number of nitrogens with one attached hydrogen (secondary N) is 1. The van der Waals surface area contributed by atoms with Crippen LogP contribution in [0.4, 0.5) is 5.69 Å². The number of Topliss-reactive ketones (excluding diaryl/α,β-unsaturated/α-hetero) is 1. The van der Waals surface area contributed by atoms with E-state index in [1.165, 1.54) is 0 Å². The number of ketones is 1. The van der Waals surface area contributed by atoms with E-state index in [2.05, 4.69) is 24.4 Å². The minimum absolute atomic E-state index is 0.0460. The molecule has 0 heterocycles. The van der Waals surface area contributed by atoms with Gasteiger partial charge in [0.15, 0.2) is 5.78 Å². The predicted molar refractivity (Wildman–Crippen MR) is 93.8 cm³/mol. The molecule has 2 aromatic rings. The molecular weight excluding hydrogens is 288 g/mol. The fraction of sp³-hybridized carbons (Fsp3) is 0.316. The van der Waals surface area contributed by atoms with Crippen LogP contribution in [0.25, 0.3) is 0 Å². The van der Waals surface area contributed by atoms with Crippen molar-refractivity contribution < 1.29 is 9.53 Å². The molecule has 0 bridgehead atoms. The quantitative estimate of drug-likeness (QED) is 0.606. The van der Waals surface area contributed by atoms with Crippen LogP contribution in [-0.2, 0) is 0 Å². The van der Waals surface area contributed by atoms with Crippen LogP contribution >= 0.6 is 0 Å². The second-order valence-corrected chi connectivity index (χ2v) is 5.58. The largest absolute Gasteiger partial charge is 0.495 e. The monoisotopic (exact) mass is 312 g/mol. The van der Waals surface area contributed by atoms with Crippen molar-refractivity contribution in [3.8, 4) is 5.75 Å². The number of anilines is 1. The van der Waals surface area contributed by atoms with Crippen LogP contribution in [0.5, 0.6) is 5.75 Å². The van der Waals surface area contributed by atoms with Gasteiger partial charge in [0.2, 0.25) is 0 Å². The highest BCUT2D eigenvalue weighted by atomic mass is 16.5. The Kier molecular flexibility index (Phi) is 5.77. The average molecular weight is 312 g/mol. The summed E-state index contributed by atoms with van der Waals surface area (Å²) < 4.78 is 5.14. The lowest BCUT2D eigenvalue weighted by molar-refractivity contribution is 0.0934. The Morgan fingerprint density at radius 1 is 1.22 bits per heavy atom. The summed E-state index contributed by atoms with van der Waals surface area (Å²) in [6, 6.07) is 15.1. The van der Waals surface area contributed by atoms with Crippen molar-refractivity contribution in [2.24, 2.45) is 0 Å². The van der Waals surface area contributed by atoms with E-state index < -0.39 is 0 Å². The molecule has 0 radical (unpaired) electrons. The number of rotatable bonds is 7. The Morgan fingerprint density at radius 2 is 1.91 bits per heavy atom. The minimum Gasteiger partial charge on any atom is -0.495 e. The molecule has 23 heavy (non-hydrogen) atoms. The van der Waals surface area contributed by atoms with Gasteiger partial charge in [-0.1, -0.05) is 37.3 Å². The maximum atomic E-state index is 12.7. The molecule has 122 valence electrons. The second-order valence-electron chi connectivity index (χ2n) is 5.58. The number of benzene rings is 2. The van der Waals surface area contributed by atoms with Crippen molar-refractivity contribution in [1.29, 1.82) is 0 Å². The summed E-state index contributed by atoms with van der Waals surface area (Å²) >= 11 is 0. The number of methoxy groups -OCH3 is 1. The van der Waals surface area contributed by atoms with E-state index in [-0.39, 0.29) is 17.9 Å². The van der Waals surface area contributed by atoms with Crippen molar-refractivity contribution in [3.05, 3.63) is 59.7 Å². The molecule has 2 unspecified atom stereocenters. The Hall–Kier alpha value is -2.33. The number of hydrogen-bond acceptors (Lipinski definition) is 4. The van der Waals surface area contributed by atoms with Gasteiger partial charge in [-0.15, -0.1) is 0 Å². The molecule has 2 aromatic carbocycles. The molecule has 0 aliphatic heterocycles. The van der Waals surface area contributed by atoms with E-state index in [1.807, 2.05) is 25.1 Å². The molecule has 0 spiro atoms. The molecule has 2 atom stereocenters. The van der Waals surface area contributed by atoms with Crippen molar-refractivity contribution in [3.63, 3.8) is 0 Å². The Balaban J connectivity index is 2.14. The summed E-state index contributed by atoms with van der Waals surface area (Å²) in [4.78, 5) is 12.7. The van der Waals surface area contributed by atoms with Crippen molar-refractivity contribution in [2.45, 2.75) is 32.4 Å². The second kappa shape index (κ2) is 7.79. The van der Waals surface area contributed by atoms with Crippen LogP contribution in [-0.4, -0.2) is 18.9 Å². The molecular formula is C19H24N2O2. The fourth-order valence-corrected chi connectivity index (χ4v) is 2.61. The first kappa shape index (κ1) is 17.0. The van der Waals surface area contributed by atoms with Gasteiger partial charge in [-0.2, -0.15) is 0 Å². The maximum Gasteiger partial charge on any atom is 0.179 e. The van der Waals surface area contributed by atoms with Crippen LogP contribution in [0.3, 0.4) is 0 Å². The number of nitrogen functional groups attached to an aromatic ring is 1. The zero-order valence-electron chi connectivity index (χ0n) is 13.9. The molecule has 2 rings (SSSR count). The molecule has 0 amide bonds. The van der Waals surface area contributed by atoms with Crippen LogP contribution in [0, 0.1) is 0 Å². The Bertz CT molecular complexity index is 656. The first-order valence-electron chi connectivity index (χ1n) is 7.85. The smallest absolute Gasteiger partial charge is 0.179 e. The Morgan fingerprint density at radius 3 is 2.48 bits per heavy atom. The van der Waals surface area contributed by atoms with Crippen molar-refractivity contribution >= 4 is 11.5 Å². The van der Waals surface area contributed by atoms with Gasteiger partial charge in [-0.3, -0.25) is 4.79 Å². The molecule has 0 aromatic heterocycles. The molecule has 4 nitrogen and oxygen atoms in total. The summed E-state index contributed by atoms with van der Waals surface area (Å²) in [6.07, 6.45) is 0.710. The van der Waals surface area contributed by atoms with Crippen LogP contribution < -0.4 is 15.8 Å². The molecule has 0 fully saturated rings. The number of carbonyl (C=O) groups is 1. The van der Waals surface area contributed by atoms with Gasteiger partial charge in [-0.25, -0.2) is 0 Å². The van der Waals surface area contributed by atoms with E-state index in [0.717, 1.165) is 5.56 Å². The molecule has 3 N–H and O–H groups in total. The van der Waals surface area contributed by atoms with Gasteiger partial charge in [0, 0.05) is 11.6 Å². The standard InChI is InChI=1S/C19H24N2O2/c1-4-17(21-13(2)14-8-6-5-7-9-14)19(22)15-10-11-18(23-3)16(20)12-15/h5-13,17,21H,4,20H2,1-3H3. The molecule has 4 heteroatoms. The molecule has 0 aliphatic rings. The normalized spacial score (nSPS) is 13.3.